The highest BCUT2D eigenvalue weighted by atomic mass is 16.6. The Morgan fingerprint density at radius 2 is 1.20 bits per heavy atom. The summed E-state index contributed by atoms with van der Waals surface area (Å²) in [5.41, 5.74) is 0.607. The van der Waals surface area contributed by atoms with Gasteiger partial charge in [-0.3, -0.25) is 45.3 Å². The van der Waals surface area contributed by atoms with E-state index >= 15 is 0 Å². The highest BCUT2D eigenvalue weighted by Gasteiger charge is 2.15. The number of hydrogen-bond acceptors (Lipinski definition) is 10. The summed E-state index contributed by atoms with van der Waals surface area (Å²) < 4.78 is 0. The summed E-state index contributed by atoms with van der Waals surface area (Å²) in [7, 11) is 0.889. The summed E-state index contributed by atoms with van der Waals surface area (Å²) in [6, 6.07) is 10.4. The molecule has 0 amide bonds. The van der Waals surface area contributed by atoms with Gasteiger partial charge in [0.25, 0.3) is 11.4 Å². The van der Waals surface area contributed by atoms with E-state index in [1.54, 1.807) is 0 Å². The minimum atomic E-state index is -1.24. The van der Waals surface area contributed by atoms with Crippen molar-refractivity contribution in [1.29, 1.82) is 0 Å². The van der Waals surface area contributed by atoms with Gasteiger partial charge in [-0.05, 0) is 29.8 Å². The number of rotatable bonds is 6. The molecule has 14 heteroatoms. The summed E-state index contributed by atoms with van der Waals surface area (Å²) >= 11 is 0. The Morgan fingerprint density at radius 1 is 0.833 bits per heavy atom. The van der Waals surface area contributed by atoms with E-state index in [1.165, 1.54) is 48.5 Å². The molecule has 0 heterocycles. The van der Waals surface area contributed by atoms with Gasteiger partial charge in [-0.2, -0.15) is 0 Å². The van der Waals surface area contributed by atoms with Crippen LogP contribution in [0.2, 0.25) is 0 Å². The quantitative estimate of drug-likeness (QED) is 0.405. The van der Waals surface area contributed by atoms with Crippen molar-refractivity contribution in [3.63, 3.8) is 0 Å². The highest BCUT2D eigenvalue weighted by Crippen LogP contribution is 2.17. The number of nitro groups is 4. The largest absolute Gasteiger partial charge is 0.382 e. The molecule has 2 rings (SSSR count). The number of nitrogens with zero attached hydrogens (tertiary/aromatic N) is 4. The molecule has 0 aromatic heterocycles. The summed E-state index contributed by atoms with van der Waals surface area (Å²) in [6.07, 6.45) is -0.593. The molecule has 0 saturated carbocycles. The molecular weight excluding hydrogens is 408 g/mol. The molecule has 30 heavy (non-hydrogen) atoms. The van der Waals surface area contributed by atoms with E-state index in [0.717, 1.165) is 7.05 Å². The Balaban J connectivity index is 0.000000491. The minimum Gasteiger partial charge on any atom is -0.382 e. The zero-order valence-corrected chi connectivity index (χ0v) is 15.4. The third kappa shape index (κ3) is 10.7. The molecule has 160 valence electrons. The van der Waals surface area contributed by atoms with Crippen LogP contribution >= 0.6 is 0 Å². The molecule has 0 aliphatic heterocycles. The smallest absolute Gasteiger partial charge is 0.269 e. The zero-order chi connectivity index (χ0) is 23.3. The lowest BCUT2D eigenvalue weighted by molar-refractivity contribution is -0.491. The average molecular weight is 424 g/mol. The second-order valence-corrected chi connectivity index (χ2v) is 5.29. The van der Waals surface area contributed by atoms with Crippen LogP contribution in [0.25, 0.3) is 0 Å². The fourth-order valence-corrected chi connectivity index (χ4v) is 1.74. The molecule has 0 saturated heterocycles. The number of aliphatic hydroxyl groups is 1. The fourth-order valence-electron chi connectivity index (χ4n) is 1.74. The monoisotopic (exact) mass is 424 g/mol. The van der Waals surface area contributed by atoms with E-state index in [0.29, 0.717) is 11.8 Å². The maximum Gasteiger partial charge on any atom is 0.269 e. The van der Waals surface area contributed by atoms with Gasteiger partial charge in [0.05, 0.1) is 9.85 Å². The Hall–Kier alpha value is -4.33. The molecule has 1 N–H and O–H groups in total. The Bertz CT molecular complexity index is 880. The molecule has 0 radical (unpaired) electrons. The number of non-ortho nitro benzene ring substituents is 2. The van der Waals surface area contributed by atoms with Gasteiger partial charge in [-0.1, -0.05) is 0 Å². The number of benzene rings is 2. The van der Waals surface area contributed by atoms with Crippen molar-refractivity contribution in [2.75, 3.05) is 13.6 Å². The van der Waals surface area contributed by atoms with Crippen molar-refractivity contribution in [3.05, 3.63) is 100 Å². The van der Waals surface area contributed by atoms with E-state index in [1.807, 2.05) is 0 Å². The van der Waals surface area contributed by atoms with Crippen LogP contribution in [0.3, 0.4) is 0 Å². The van der Waals surface area contributed by atoms with Gasteiger partial charge in [0, 0.05) is 39.7 Å². The van der Waals surface area contributed by atoms with Crippen molar-refractivity contribution < 1.29 is 29.6 Å². The fraction of sp³-hybridized carbons (Fsp3) is 0.188. The number of nitro benzene ring substituents is 2. The highest BCUT2D eigenvalue weighted by molar-refractivity contribution is 5.75. The molecule has 1 unspecified atom stereocenters. The van der Waals surface area contributed by atoms with E-state index in [4.69, 9.17) is 10.1 Å². The first kappa shape index (κ1) is 25.7. The lowest BCUT2D eigenvalue weighted by atomic mass is 10.1. The zero-order valence-electron chi connectivity index (χ0n) is 15.4. The summed E-state index contributed by atoms with van der Waals surface area (Å²) in [5, 5.41) is 48.6. The van der Waals surface area contributed by atoms with Crippen molar-refractivity contribution in [2.45, 2.75) is 6.10 Å². The van der Waals surface area contributed by atoms with Gasteiger partial charge >= 0.3 is 0 Å². The van der Waals surface area contributed by atoms with E-state index in [2.05, 4.69) is 0 Å². The van der Waals surface area contributed by atoms with Gasteiger partial charge in [0.15, 0.2) is 7.05 Å². The van der Waals surface area contributed by atoms with Gasteiger partial charge in [-0.25, -0.2) is 0 Å². The number of aldehydes is 1. The third-order valence-corrected chi connectivity index (χ3v) is 3.05. The SMILES string of the molecule is C[N+](=O)[O-].O=Cc1ccc([N+](=O)[O-])cc1.O=[N+]([O-])CC(O)c1ccc([N+](=O)[O-])cc1. The number of carbonyl (C=O) groups excluding carboxylic acids is 1. The predicted octanol–water partition coefficient (Wildman–Crippen LogP) is 2.21. The van der Waals surface area contributed by atoms with Crippen molar-refractivity contribution >= 4 is 17.7 Å². The van der Waals surface area contributed by atoms with Gasteiger partial charge < -0.3 is 5.11 Å². The van der Waals surface area contributed by atoms with Crippen LogP contribution in [-0.4, -0.2) is 44.7 Å². The summed E-state index contributed by atoms with van der Waals surface area (Å²) in [4.78, 5) is 47.2. The second kappa shape index (κ2) is 12.9. The average Bonchev–Trinajstić information content (AvgIpc) is 2.67. The standard InChI is InChI=1S/C8H8N2O5.C7H5NO3.CH3NO2/c11-8(5-9(12)13)6-1-3-7(4-2-6)10(14)15;9-5-6-1-3-7(4-2-6)8(10)11;1-2(3)4/h1-4,8,11H,5H2;1-5H;1H3. The maximum atomic E-state index is 10.3. The molecule has 1 atom stereocenters. The van der Waals surface area contributed by atoms with Crippen molar-refractivity contribution in [2.24, 2.45) is 0 Å². The molecule has 0 spiro atoms. The van der Waals surface area contributed by atoms with Crippen LogP contribution < -0.4 is 0 Å². The number of carbonyl (C=O) groups is 1. The molecule has 14 nitrogen and oxygen atoms in total. The van der Waals surface area contributed by atoms with Gasteiger partial charge in [-0.15, -0.1) is 0 Å². The summed E-state index contributed by atoms with van der Waals surface area (Å²) in [5.74, 6) is 0. The molecule has 0 fully saturated rings. The first-order valence-corrected chi connectivity index (χ1v) is 7.79. The Kier molecular flexibility index (Phi) is 11.1. The molecule has 2 aromatic carbocycles. The van der Waals surface area contributed by atoms with Crippen LogP contribution in [0.15, 0.2) is 48.5 Å². The third-order valence-electron chi connectivity index (χ3n) is 3.05. The first-order valence-electron chi connectivity index (χ1n) is 7.79. The molecule has 0 aliphatic rings. The van der Waals surface area contributed by atoms with Gasteiger partial charge in [0.2, 0.25) is 6.54 Å². The second-order valence-electron chi connectivity index (χ2n) is 5.29. The van der Waals surface area contributed by atoms with E-state index in [9.17, 15) is 40.2 Å². The number of hydrogen-bond donors (Lipinski definition) is 1. The molecular formula is C16H16N4O10. The lowest BCUT2D eigenvalue weighted by Crippen LogP contribution is -2.11. The van der Waals surface area contributed by atoms with E-state index in [-0.39, 0.29) is 16.9 Å². The molecule has 0 aliphatic carbocycles. The predicted molar refractivity (Wildman–Crippen MR) is 101 cm³/mol. The van der Waals surface area contributed by atoms with Crippen LogP contribution in [0.5, 0.6) is 0 Å². The van der Waals surface area contributed by atoms with Crippen LogP contribution in [-0.2, 0) is 0 Å². The number of aliphatic hydroxyl groups excluding tert-OH is 1. The lowest BCUT2D eigenvalue weighted by Gasteiger charge is -2.04. The van der Waals surface area contributed by atoms with Crippen LogP contribution in [0, 0.1) is 40.5 Å². The Labute approximate surface area is 168 Å². The first-order chi connectivity index (χ1) is 14.0. The molecule has 2 aromatic rings. The van der Waals surface area contributed by atoms with E-state index < -0.39 is 32.3 Å². The topological polar surface area (TPSA) is 210 Å². The van der Waals surface area contributed by atoms with Gasteiger partial charge in [0.1, 0.15) is 12.4 Å². The van der Waals surface area contributed by atoms with Crippen LogP contribution in [0.4, 0.5) is 11.4 Å². The van der Waals surface area contributed by atoms with Crippen LogP contribution in [0.1, 0.15) is 22.0 Å². The Morgan fingerprint density at radius 3 is 1.50 bits per heavy atom. The minimum absolute atomic E-state index is 0.00407. The van der Waals surface area contributed by atoms with Crippen molar-refractivity contribution in [3.8, 4) is 0 Å². The van der Waals surface area contributed by atoms with Crippen molar-refractivity contribution in [1.82, 2.24) is 0 Å². The molecule has 0 bridgehead atoms. The normalized spacial score (nSPS) is 10.2. The summed E-state index contributed by atoms with van der Waals surface area (Å²) in [6.45, 7) is -0.613. The maximum absolute atomic E-state index is 10.3.